The maximum atomic E-state index is 12.3. The molecule has 0 atom stereocenters. The highest BCUT2D eigenvalue weighted by Gasteiger charge is 2.11. The van der Waals surface area contributed by atoms with E-state index in [1.807, 2.05) is 18.8 Å². The molecule has 0 spiro atoms. The molecular formula is C15H25N5O7. The third-order valence-electron chi connectivity index (χ3n) is 3.25. The van der Waals surface area contributed by atoms with Crippen LogP contribution in [0, 0.1) is 0 Å². The van der Waals surface area contributed by atoms with E-state index in [4.69, 9.17) is 9.47 Å². The zero-order chi connectivity index (χ0) is 20.2. The molecule has 0 aromatic carbocycles. The molecule has 12 nitrogen and oxygen atoms in total. The number of carbonyl (C=O) groups excluding carboxylic acids is 2. The average Bonchev–Trinajstić information content (AvgIpc) is 2.63. The quantitative estimate of drug-likeness (QED) is 0.464. The van der Waals surface area contributed by atoms with Gasteiger partial charge in [-0.15, -0.1) is 0 Å². The number of carbonyl (C=O) groups is 2. The minimum Gasteiger partial charge on any atom is -0.450 e. The Morgan fingerprint density at radius 3 is 1.63 bits per heavy atom. The lowest BCUT2D eigenvalue weighted by Crippen LogP contribution is -2.51. The number of alkyl carbamates (subject to hydrolysis) is 2. The number of hydrogen-bond acceptors (Lipinski definition) is 7. The molecule has 0 radical (unpaired) electrons. The first-order chi connectivity index (χ1) is 12.9. The molecule has 1 aromatic rings. The lowest BCUT2D eigenvalue weighted by atomic mass is 10.5. The van der Waals surface area contributed by atoms with Crippen molar-refractivity contribution in [2.24, 2.45) is 0 Å². The SMILES string of the molecule is CCCOC(=O)NCCn1c(=O)[nH]c(=O)n(CCNC(=O)OCCC)c1=O. The summed E-state index contributed by atoms with van der Waals surface area (Å²) in [6.07, 6.45) is 0.00333. The minimum absolute atomic E-state index is 0.0364. The number of nitrogens with one attached hydrogen (secondary N) is 3. The van der Waals surface area contributed by atoms with Crippen LogP contribution in [-0.2, 0) is 22.6 Å². The van der Waals surface area contributed by atoms with E-state index in [1.165, 1.54) is 0 Å². The van der Waals surface area contributed by atoms with Gasteiger partial charge in [0.05, 0.1) is 13.2 Å². The average molecular weight is 387 g/mol. The highest BCUT2D eigenvalue weighted by atomic mass is 16.6. The van der Waals surface area contributed by atoms with E-state index in [0.717, 1.165) is 9.13 Å². The second-order valence-electron chi connectivity index (χ2n) is 5.45. The Morgan fingerprint density at radius 2 is 1.26 bits per heavy atom. The summed E-state index contributed by atoms with van der Waals surface area (Å²) in [6, 6.07) is 0. The van der Waals surface area contributed by atoms with Crippen LogP contribution in [0.3, 0.4) is 0 Å². The van der Waals surface area contributed by atoms with Gasteiger partial charge < -0.3 is 20.1 Å². The zero-order valence-electron chi connectivity index (χ0n) is 15.4. The Balaban J connectivity index is 2.70. The fourth-order valence-corrected chi connectivity index (χ4v) is 1.97. The molecule has 1 rings (SSSR count). The molecule has 0 saturated carbocycles. The van der Waals surface area contributed by atoms with E-state index in [1.54, 1.807) is 0 Å². The van der Waals surface area contributed by atoms with Gasteiger partial charge in [0.15, 0.2) is 0 Å². The van der Waals surface area contributed by atoms with Crippen molar-refractivity contribution in [2.45, 2.75) is 39.8 Å². The van der Waals surface area contributed by atoms with E-state index in [2.05, 4.69) is 10.6 Å². The molecule has 0 fully saturated rings. The lowest BCUT2D eigenvalue weighted by Gasteiger charge is -2.10. The van der Waals surface area contributed by atoms with Crippen molar-refractivity contribution in [3.8, 4) is 0 Å². The third kappa shape index (κ3) is 7.38. The standard InChI is InChI=1S/C15H25N5O7/c1-3-9-26-13(23)16-5-7-19-11(21)18-12(22)20(15(19)25)8-6-17-14(24)27-10-4-2/h3-10H2,1-2H3,(H,16,23)(H,17,24)(H,18,21,22). The van der Waals surface area contributed by atoms with Crippen molar-refractivity contribution in [2.75, 3.05) is 26.3 Å². The summed E-state index contributed by atoms with van der Waals surface area (Å²) < 4.78 is 11.2. The van der Waals surface area contributed by atoms with Crippen molar-refractivity contribution in [3.63, 3.8) is 0 Å². The summed E-state index contributed by atoms with van der Waals surface area (Å²) in [5.41, 5.74) is -2.63. The number of nitrogens with zero attached hydrogens (tertiary/aromatic N) is 2. The Labute approximate surface area is 154 Å². The van der Waals surface area contributed by atoms with Gasteiger partial charge in [-0.05, 0) is 12.8 Å². The maximum Gasteiger partial charge on any atom is 0.407 e. The molecule has 152 valence electrons. The zero-order valence-corrected chi connectivity index (χ0v) is 15.4. The van der Waals surface area contributed by atoms with Crippen molar-refractivity contribution < 1.29 is 19.1 Å². The fraction of sp³-hybridized carbons (Fsp3) is 0.667. The minimum atomic E-state index is -0.889. The number of aromatic nitrogens is 3. The number of hydrogen-bond donors (Lipinski definition) is 3. The summed E-state index contributed by atoms with van der Waals surface area (Å²) >= 11 is 0. The lowest BCUT2D eigenvalue weighted by molar-refractivity contribution is 0.145. The van der Waals surface area contributed by atoms with Gasteiger partial charge in [-0.25, -0.2) is 33.1 Å². The van der Waals surface area contributed by atoms with Crippen LogP contribution in [0.15, 0.2) is 14.4 Å². The molecule has 0 bridgehead atoms. The van der Waals surface area contributed by atoms with Gasteiger partial charge in [0, 0.05) is 26.2 Å². The van der Waals surface area contributed by atoms with E-state index in [9.17, 15) is 24.0 Å². The Bertz CT molecular complexity index is 734. The van der Waals surface area contributed by atoms with Gasteiger partial charge in [-0.2, -0.15) is 0 Å². The largest absolute Gasteiger partial charge is 0.450 e. The second kappa shape index (κ2) is 11.5. The van der Waals surface area contributed by atoms with Gasteiger partial charge in [-0.1, -0.05) is 13.8 Å². The van der Waals surface area contributed by atoms with Crippen LogP contribution in [0.4, 0.5) is 9.59 Å². The van der Waals surface area contributed by atoms with Crippen LogP contribution in [0.1, 0.15) is 26.7 Å². The number of ether oxygens (including phenoxy) is 2. The maximum absolute atomic E-state index is 12.3. The molecule has 2 amide bonds. The Kier molecular flexibility index (Phi) is 9.40. The number of amides is 2. The molecule has 0 aliphatic rings. The first-order valence-corrected chi connectivity index (χ1v) is 8.65. The van der Waals surface area contributed by atoms with Crippen LogP contribution >= 0.6 is 0 Å². The van der Waals surface area contributed by atoms with E-state index in [-0.39, 0.29) is 39.4 Å². The fourth-order valence-electron chi connectivity index (χ4n) is 1.97. The van der Waals surface area contributed by atoms with Crippen molar-refractivity contribution in [1.82, 2.24) is 24.8 Å². The molecule has 12 heteroatoms. The number of aromatic amines is 1. The Hall–Kier alpha value is -3.05. The molecule has 1 heterocycles. The third-order valence-corrected chi connectivity index (χ3v) is 3.25. The van der Waals surface area contributed by atoms with Gasteiger partial charge in [0.2, 0.25) is 0 Å². The van der Waals surface area contributed by atoms with E-state index < -0.39 is 29.3 Å². The normalized spacial score (nSPS) is 10.3. The molecule has 0 unspecified atom stereocenters. The molecule has 0 aliphatic heterocycles. The molecule has 0 saturated heterocycles. The van der Waals surface area contributed by atoms with Gasteiger partial charge >= 0.3 is 29.3 Å². The first kappa shape index (κ1) is 22.0. The Morgan fingerprint density at radius 1 is 0.852 bits per heavy atom. The summed E-state index contributed by atoms with van der Waals surface area (Å²) in [5, 5.41) is 4.80. The number of rotatable bonds is 10. The summed E-state index contributed by atoms with van der Waals surface area (Å²) in [7, 11) is 0. The summed E-state index contributed by atoms with van der Waals surface area (Å²) in [6.45, 7) is 3.82. The highest BCUT2D eigenvalue weighted by molar-refractivity contribution is 5.67. The van der Waals surface area contributed by atoms with E-state index >= 15 is 0 Å². The predicted molar refractivity (Wildman–Crippen MR) is 94.9 cm³/mol. The van der Waals surface area contributed by atoms with Crippen molar-refractivity contribution >= 4 is 12.2 Å². The van der Waals surface area contributed by atoms with Crippen LogP contribution in [-0.4, -0.2) is 52.6 Å². The predicted octanol–water partition coefficient (Wildman–Crippen LogP) is -1.03. The summed E-state index contributed by atoms with van der Waals surface area (Å²) in [4.78, 5) is 60.7. The molecule has 0 aliphatic carbocycles. The van der Waals surface area contributed by atoms with Gasteiger partial charge in [0.25, 0.3) is 0 Å². The summed E-state index contributed by atoms with van der Waals surface area (Å²) in [5.74, 6) is 0. The van der Waals surface area contributed by atoms with Crippen LogP contribution in [0.5, 0.6) is 0 Å². The molecule has 1 aromatic heterocycles. The topological polar surface area (TPSA) is 154 Å². The monoisotopic (exact) mass is 387 g/mol. The van der Waals surface area contributed by atoms with Crippen molar-refractivity contribution in [1.29, 1.82) is 0 Å². The van der Waals surface area contributed by atoms with Gasteiger partial charge in [-0.3, -0.25) is 4.98 Å². The molecular weight excluding hydrogens is 362 g/mol. The van der Waals surface area contributed by atoms with E-state index in [0.29, 0.717) is 12.8 Å². The molecule has 3 N–H and O–H groups in total. The molecule has 27 heavy (non-hydrogen) atoms. The number of H-pyrrole nitrogens is 1. The van der Waals surface area contributed by atoms with Crippen LogP contribution < -0.4 is 27.7 Å². The van der Waals surface area contributed by atoms with Crippen LogP contribution in [0.25, 0.3) is 0 Å². The smallest absolute Gasteiger partial charge is 0.407 e. The highest BCUT2D eigenvalue weighted by Crippen LogP contribution is 1.83. The van der Waals surface area contributed by atoms with Crippen molar-refractivity contribution in [3.05, 3.63) is 31.5 Å². The van der Waals surface area contributed by atoms with Gasteiger partial charge in [0.1, 0.15) is 0 Å². The van der Waals surface area contributed by atoms with Crippen LogP contribution in [0.2, 0.25) is 0 Å². The second-order valence-corrected chi connectivity index (χ2v) is 5.45. The first-order valence-electron chi connectivity index (χ1n) is 8.65.